The van der Waals surface area contributed by atoms with Gasteiger partial charge in [0.15, 0.2) is 5.82 Å². The van der Waals surface area contributed by atoms with Gasteiger partial charge in [0, 0.05) is 12.2 Å². The first-order valence-electron chi connectivity index (χ1n) is 5.72. The fraction of sp³-hybridized carbons (Fsp3) is 0.545. The number of anilines is 1. The van der Waals surface area contributed by atoms with Gasteiger partial charge in [0.1, 0.15) is 4.90 Å². The number of nitrogens with two attached hydrogens (primary N) is 1. The Labute approximate surface area is 118 Å². The summed E-state index contributed by atoms with van der Waals surface area (Å²) in [4.78, 5) is 3.85. The van der Waals surface area contributed by atoms with Gasteiger partial charge in [-0.1, -0.05) is 32.4 Å². The Morgan fingerprint density at radius 1 is 1.42 bits per heavy atom. The standard InChI is InChI=1S/C11H19ClN4O2S/c1-7(11(2,3)4)16-19(17,18)8-5-9(12)10(15-13)14-6-8/h5-7,16H,13H2,1-4H3,(H,14,15). The second-order valence-electron chi connectivity index (χ2n) is 5.35. The summed E-state index contributed by atoms with van der Waals surface area (Å²) in [6.45, 7) is 7.66. The molecule has 108 valence electrons. The topological polar surface area (TPSA) is 97.1 Å². The third-order valence-corrected chi connectivity index (χ3v) is 4.69. The number of sulfonamides is 1. The van der Waals surface area contributed by atoms with Gasteiger partial charge in [0.05, 0.1) is 5.02 Å². The van der Waals surface area contributed by atoms with Gasteiger partial charge in [-0.05, 0) is 18.4 Å². The van der Waals surface area contributed by atoms with Gasteiger partial charge in [0.25, 0.3) is 0 Å². The van der Waals surface area contributed by atoms with Crippen LogP contribution in [0.1, 0.15) is 27.7 Å². The van der Waals surface area contributed by atoms with Crippen LogP contribution in [-0.4, -0.2) is 19.4 Å². The minimum Gasteiger partial charge on any atom is -0.307 e. The molecule has 0 aliphatic carbocycles. The third-order valence-electron chi connectivity index (χ3n) is 2.89. The van der Waals surface area contributed by atoms with Crippen LogP contribution in [0.3, 0.4) is 0 Å². The van der Waals surface area contributed by atoms with E-state index in [9.17, 15) is 8.42 Å². The predicted molar refractivity (Wildman–Crippen MR) is 76.3 cm³/mol. The molecule has 6 nitrogen and oxygen atoms in total. The molecule has 0 aromatic carbocycles. The van der Waals surface area contributed by atoms with E-state index in [0.717, 1.165) is 0 Å². The van der Waals surface area contributed by atoms with Crippen molar-refractivity contribution < 1.29 is 8.42 Å². The lowest BCUT2D eigenvalue weighted by Gasteiger charge is -2.27. The van der Waals surface area contributed by atoms with E-state index in [2.05, 4.69) is 15.1 Å². The molecule has 0 saturated carbocycles. The van der Waals surface area contributed by atoms with Crippen LogP contribution in [0.4, 0.5) is 5.82 Å². The molecule has 1 rings (SSSR count). The highest BCUT2D eigenvalue weighted by molar-refractivity contribution is 7.89. The zero-order chi connectivity index (χ0) is 14.8. The number of nitrogens with one attached hydrogen (secondary N) is 2. The molecule has 8 heteroatoms. The van der Waals surface area contributed by atoms with Crippen LogP contribution in [-0.2, 0) is 10.0 Å². The average Bonchev–Trinajstić information content (AvgIpc) is 2.27. The zero-order valence-corrected chi connectivity index (χ0v) is 12.9. The second kappa shape index (κ2) is 5.62. The zero-order valence-electron chi connectivity index (χ0n) is 11.4. The van der Waals surface area contributed by atoms with E-state index in [1.807, 2.05) is 27.7 Å². The fourth-order valence-corrected chi connectivity index (χ4v) is 2.86. The largest absolute Gasteiger partial charge is 0.307 e. The van der Waals surface area contributed by atoms with Gasteiger partial charge in [-0.15, -0.1) is 0 Å². The Bertz CT molecular complexity index is 554. The van der Waals surface area contributed by atoms with Crippen molar-refractivity contribution in [1.82, 2.24) is 9.71 Å². The van der Waals surface area contributed by atoms with Gasteiger partial charge >= 0.3 is 0 Å². The predicted octanol–water partition coefficient (Wildman–Crippen LogP) is 1.73. The molecule has 0 aliphatic rings. The number of hydrogen-bond donors (Lipinski definition) is 3. The Hall–Kier alpha value is -0.890. The smallest absolute Gasteiger partial charge is 0.242 e. The molecule has 0 aliphatic heterocycles. The molecule has 1 heterocycles. The first kappa shape index (κ1) is 16.2. The maximum absolute atomic E-state index is 12.2. The van der Waals surface area contributed by atoms with Gasteiger partial charge < -0.3 is 5.43 Å². The number of hydrogen-bond acceptors (Lipinski definition) is 5. The Morgan fingerprint density at radius 3 is 2.42 bits per heavy atom. The summed E-state index contributed by atoms with van der Waals surface area (Å²) in [5, 5.41) is 0.147. The molecule has 0 spiro atoms. The molecular weight excluding hydrogens is 288 g/mol. The van der Waals surface area contributed by atoms with Gasteiger partial charge in [-0.25, -0.2) is 24.0 Å². The van der Waals surface area contributed by atoms with Gasteiger partial charge in [-0.2, -0.15) is 0 Å². The number of aromatic nitrogens is 1. The lowest BCUT2D eigenvalue weighted by Crippen LogP contribution is -2.41. The van der Waals surface area contributed by atoms with E-state index in [0.29, 0.717) is 0 Å². The second-order valence-corrected chi connectivity index (χ2v) is 7.48. The Kier molecular flexibility index (Phi) is 4.78. The molecule has 0 amide bonds. The Balaban J connectivity index is 3.05. The van der Waals surface area contributed by atoms with Crippen LogP contribution in [0.25, 0.3) is 0 Å². The molecule has 0 radical (unpaired) electrons. The van der Waals surface area contributed by atoms with E-state index in [4.69, 9.17) is 17.4 Å². The highest BCUT2D eigenvalue weighted by Gasteiger charge is 2.26. The van der Waals surface area contributed by atoms with Gasteiger partial charge in [0.2, 0.25) is 10.0 Å². The van der Waals surface area contributed by atoms with Crippen molar-refractivity contribution in [3.8, 4) is 0 Å². The Morgan fingerprint density at radius 2 is 2.00 bits per heavy atom. The molecule has 1 aromatic heterocycles. The van der Waals surface area contributed by atoms with E-state index in [-0.39, 0.29) is 27.2 Å². The normalized spacial score (nSPS) is 14.2. The van der Waals surface area contributed by atoms with E-state index in [1.165, 1.54) is 12.3 Å². The number of nitrogens with zero attached hydrogens (tertiary/aromatic N) is 1. The summed E-state index contributed by atoms with van der Waals surface area (Å²) >= 11 is 5.86. The SMILES string of the molecule is CC(NS(=O)(=O)c1cnc(NN)c(Cl)c1)C(C)(C)C. The fourth-order valence-electron chi connectivity index (χ4n) is 1.15. The van der Waals surface area contributed by atoms with Gasteiger partial charge in [-0.3, -0.25) is 0 Å². The van der Waals surface area contributed by atoms with Crippen molar-refractivity contribution in [3.05, 3.63) is 17.3 Å². The van der Waals surface area contributed by atoms with Crippen LogP contribution >= 0.6 is 11.6 Å². The van der Waals surface area contributed by atoms with Crippen LogP contribution in [0.2, 0.25) is 5.02 Å². The number of pyridine rings is 1. The summed E-state index contributed by atoms with van der Waals surface area (Å²) < 4.78 is 27.0. The maximum Gasteiger partial charge on any atom is 0.242 e. The highest BCUT2D eigenvalue weighted by Crippen LogP contribution is 2.24. The molecule has 1 unspecified atom stereocenters. The van der Waals surface area contributed by atoms with Crippen molar-refractivity contribution in [2.24, 2.45) is 11.3 Å². The van der Waals surface area contributed by atoms with Crippen LogP contribution in [0, 0.1) is 5.41 Å². The van der Waals surface area contributed by atoms with Crippen molar-refractivity contribution >= 4 is 27.4 Å². The van der Waals surface area contributed by atoms with Crippen molar-refractivity contribution in [2.75, 3.05) is 5.43 Å². The summed E-state index contributed by atoms with van der Waals surface area (Å²) in [5.74, 6) is 5.41. The molecule has 0 bridgehead atoms. The van der Waals surface area contributed by atoms with Crippen molar-refractivity contribution in [1.29, 1.82) is 0 Å². The minimum absolute atomic E-state index is 0.00704. The lowest BCUT2D eigenvalue weighted by atomic mass is 9.89. The van der Waals surface area contributed by atoms with Crippen LogP contribution in [0.5, 0.6) is 0 Å². The molecule has 1 aromatic rings. The third kappa shape index (κ3) is 4.04. The monoisotopic (exact) mass is 306 g/mol. The summed E-state index contributed by atoms with van der Waals surface area (Å²) in [7, 11) is -3.66. The van der Waals surface area contributed by atoms with Crippen molar-refractivity contribution in [2.45, 2.75) is 38.6 Å². The summed E-state index contributed by atoms with van der Waals surface area (Å²) in [6, 6.07) is 1.07. The van der Waals surface area contributed by atoms with Crippen LogP contribution < -0.4 is 16.0 Å². The average molecular weight is 307 g/mol. The van der Waals surface area contributed by atoms with E-state index >= 15 is 0 Å². The molecular formula is C11H19ClN4O2S. The molecule has 4 N–H and O–H groups in total. The van der Waals surface area contributed by atoms with Crippen LogP contribution in [0.15, 0.2) is 17.2 Å². The molecule has 0 saturated heterocycles. The highest BCUT2D eigenvalue weighted by atomic mass is 35.5. The number of nitrogen functional groups attached to an aromatic ring is 1. The van der Waals surface area contributed by atoms with E-state index in [1.54, 1.807) is 0 Å². The molecule has 19 heavy (non-hydrogen) atoms. The maximum atomic E-state index is 12.2. The molecule has 0 fully saturated rings. The van der Waals surface area contributed by atoms with E-state index < -0.39 is 10.0 Å². The van der Waals surface area contributed by atoms with Crippen molar-refractivity contribution in [3.63, 3.8) is 0 Å². The first-order valence-corrected chi connectivity index (χ1v) is 7.58. The quantitative estimate of drug-likeness (QED) is 0.581. The number of hydrazine groups is 1. The minimum atomic E-state index is -3.66. The summed E-state index contributed by atoms with van der Waals surface area (Å²) in [5.41, 5.74) is 2.09. The summed E-state index contributed by atoms with van der Waals surface area (Å²) in [6.07, 6.45) is 1.21. The number of halogens is 1. The molecule has 1 atom stereocenters. The lowest BCUT2D eigenvalue weighted by molar-refractivity contribution is 0.317. The number of rotatable bonds is 4. The first-order chi connectivity index (χ1) is 8.58.